The first-order chi connectivity index (χ1) is 14.6. The molecule has 1 atom stereocenters. The molecule has 12 nitrogen and oxygen atoms in total. The Morgan fingerprint density at radius 2 is 1.39 bits per heavy atom. The van der Waals surface area contributed by atoms with Crippen LogP contribution in [-0.4, -0.2) is 94.6 Å². The van der Waals surface area contributed by atoms with Crippen LogP contribution in [0.25, 0.3) is 0 Å². The van der Waals surface area contributed by atoms with E-state index in [2.05, 4.69) is 10.6 Å². The number of carboxylic acids is 4. The zero-order valence-corrected chi connectivity index (χ0v) is 18.2. The van der Waals surface area contributed by atoms with Crippen molar-refractivity contribution in [2.24, 2.45) is 5.73 Å². The van der Waals surface area contributed by atoms with Gasteiger partial charge in [-0.15, -0.1) is 0 Å². The highest BCUT2D eigenvalue weighted by molar-refractivity contribution is 5.72. The number of nitrogens with zero attached hydrogens (tertiary/aromatic N) is 1. The molecule has 0 saturated carbocycles. The number of nitrogens with two attached hydrogens (primary N) is 1. The van der Waals surface area contributed by atoms with Gasteiger partial charge in [0.2, 0.25) is 0 Å². The Morgan fingerprint density at radius 1 is 0.839 bits per heavy atom. The molecule has 0 amide bonds. The van der Waals surface area contributed by atoms with Crippen LogP contribution in [0.4, 0.5) is 0 Å². The fourth-order valence-corrected chi connectivity index (χ4v) is 2.60. The summed E-state index contributed by atoms with van der Waals surface area (Å²) in [4.78, 5) is 43.5. The zero-order chi connectivity index (χ0) is 24.1. The van der Waals surface area contributed by atoms with E-state index < -0.39 is 43.1 Å². The number of aliphatic carboxylic acids is 4. The third-order valence-corrected chi connectivity index (χ3v) is 4.04. The van der Waals surface area contributed by atoms with E-state index >= 15 is 0 Å². The Hall–Kier alpha value is -2.28. The molecule has 0 bridgehead atoms. The van der Waals surface area contributed by atoms with Gasteiger partial charge in [0.25, 0.3) is 0 Å². The molecule has 0 aliphatic heterocycles. The Morgan fingerprint density at radius 3 is 1.81 bits per heavy atom. The molecule has 0 aromatic carbocycles. The van der Waals surface area contributed by atoms with Gasteiger partial charge in [-0.3, -0.25) is 24.1 Å². The van der Waals surface area contributed by atoms with Crippen LogP contribution in [0, 0.1) is 0 Å². The van der Waals surface area contributed by atoms with Crippen LogP contribution in [0.15, 0.2) is 0 Å². The smallest absolute Gasteiger partial charge is 0.317 e. The number of hydrogen-bond acceptors (Lipinski definition) is 8. The van der Waals surface area contributed by atoms with Crippen LogP contribution in [0.1, 0.15) is 51.9 Å². The molecule has 0 aliphatic carbocycles. The van der Waals surface area contributed by atoms with Gasteiger partial charge in [0.05, 0.1) is 25.8 Å². The molecule has 12 heteroatoms. The number of carboxylic acid groups (broad SMARTS) is 4. The molecule has 0 saturated heterocycles. The minimum atomic E-state index is -1.15. The molecule has 182 valence electrons. The largest absolute Gasteiger partial charge is 0.481 e. The highest BCUT2D eigenvalue weighted by Crippen LogP contribution is 2.07. The zero-order valence-electron chi connectivity index (χ0n) is 18.2. The Kier molecular flexibility index (Phi) is 20.9. The fraction of sp³-hybridized carbons (Fsp3) is 0.789. The molecule has 8 N–H and O–H groups in total. The van der Waals surface area contributed by atoms with Crippen molar-refractivity contribution in [2.75, 3.05) is 39.3 Å². The average molecular weight is 451 g/mol. The summed E-state index contributed by atoms with van der Waals surface area (Å²) in [5.41, 5.74) is 5.42. The Balaban J connectivity index is 0. The summed E-state index contributed by atoms with van der Waals surface area (Å²) in [5.74, 6) is -4.11. The summed E-state index contributed by atoms with van der Waals surface area (Å²) in [7, 11) is 0. The molecule has 0 spiro atoms. The van der Waals surface area contributed by atoms with Gasteiger partial charge in [0.15, 0.2) is 0 Å². The van der Waals surface area contributed by atoms with E-state index in [1.165, 1.54) is 4.90 Å². The van der Waals surface area contributed by atoms with E-state index in [0.717, 1.165) is 32.1 Å². The molecule has 0 fully saturated rings. The monoisotopic (exact) mass is 450 g/mol. The lowest BCUT2D eigenvalue weighted by molar-refractivity contribution is -0.143. The first kappa shape index (κ1) is 30.9. The number of nitrogens with one attached hydrogen (secondary N) is 2. The summed E-state index contributed by atoms with van der Waals surface area (Å²) < 4.78 is 0. The van der Waals surface area contributed by atoms with Crippen LogP contribution < -0.4 is 16.4 Å². The van der Waals surface area contributed by atoms with E-state index in [0.29, 0.717) is 19.6 Å². The Bertz CT molecular complexity index is 503. The summed E-state index contributed by atoms with van der Waals surface area (Å²) in [6.07, 6.45) is 4.30. The molecule has 31 heavy (non-hydrogen) atoms. The molecule has 1 unspecified atom stereocenters. The van der Waals surface area contributed by atoms with Gasteiger partial charge in [-0.1, -0.05) is 26.2 Å². The van der Waals surface area contributed by atoms with Crippen molar-refractivity contribution in [3.8, 4) is 0 Å². The third kappa shape index (κ3) is 23.9. The minimum Gasteiger partial charge on any atom is -0.481 e. The highest BCUT2D eigenvalue weighted by Gasteiger charge is 2.23. The van der Waals surface area contributed by atoms with Crippen molar-refractivity contribution in [3.63, 3.8) is 0 Å². The lowest BCUT2D eigenvalue weighted by atomic mass is 10.1. The van der Waals surface area contributed by atoms with E-state index in [1.54, 1.807) is 0 Å². The van der Waals surface area contributed by atoms with Gasteiger partial charge in [-0.25, -0.2) is 0 Å². The molecule has 0 radical (unpaired) electrons. The first-order valence-electron chi connectivity index (χ1n) is 10.4. The summed E-state index contributed by atoms with van der Waals surface area (Å²) in [6.45, 7) is 2.98. The van der Waals surface area contributed by atoms with E-state index in [1.807, 2.05) is 6.92 Å². The van der Waals surface area contributed by atoms with Gasteiger partial charge in [-0.2, -0.15) is 0 Å². The normalized spacial score (nSPS) is 11.5. The van der Waals surface area contributed by atoms with Crippen molar-refractivity contribution in [1.29, 1.82) is 0 Å². The second-order valence-electron chi connectivity index (χ2n) is 6.83. The maximum Gasteiger partial charge on any atom is 0.317 e. The molecule has 0 aromatic rings. The molecular formula is C19H38N4O8. The third-order valence-electron chi connectivity index (χ3n) is 4.04. The molecule has 0 rings (SSSR count). The summed E-state index contributed by atoms with van der Waals surface area (Å²) in [6, 6.07) is 0. The van der Waals surface area contributed by atoms with Gasteiger partial charge >= 0.3 is 23.9 Å². The Labute approximate surface area is 182 Å². The number of unbranched alkanes of at least 4 members (excludes halogenated alkanes) is 4. The summed E-state index contributed by atoms with van der Waals surface area (Å²) >= 11 is 0. The van der Waals surface area contributed by atoms with Crippen molar-refractivity contribution in [1.82, 2.24) is 15.5 Å². The van der Waals surface area contributed by atoms with Crippen molar-refractivity contribution < 1.29 is 39.6 Å². The second-order valence-corrected chi connectivity index (χ2v) is 6.83. The standard InChI is InChI=1S/C15H29N3O6.C4H9NO2/c16-8-4-2-1-3-5-9-17-12(6-7-13(19)20)18(10-14(21)22)11-15(23)24;1-2-5-3-4(6)7/h12,17H,1-11,16H2,(H,19,20)(H,21,22)(H,23,24);5H,2-3H2,1H3,(H,6,7). The first-order valence-corrected chi connectivity index (χ1v) is 10.4. The maximum atomic E-state index is 10.9. The number of rotatable bonds is 19. The lowest BCUT2D eigenvalue weighted by Crippen LogP contribution is -2.50. The topological polar surface area (TPSA) is 203 Å². The van der Waals surface area contributed by atoms with Gasteiger partial charge in [0, 0.05) is 6.42 Å². The SMILES string of the molecule is CCNCC(=O)O.NCCCCCCCNC(CCC(=O)O)N(CC(=O)O)CC(=O)O. The fourth-order valence-electron chi connectivity index (χ4n) is 2.60. The van der Waals surface area contributed by atoms with E-state index in [4.69, 9.17) is 26.2 Å². The second kappa shape index (κ2) is 21.0. The van der Waals surface area contributed by atoms with Crippen molar-refractivity contribution in [2.45, 2.75) is 58.0 Å². The molecule has 0 heterocycles. The number of likely N-dealkylation sites (N-methyl/N-ethyl adjacent to an activating group) is 1. The van der Waals surface area contributed by atoms with Gasteiger partial charge in [0.1, 0.15) is 0 Å². The quantitative estimate of drug-likeness (QED) is 0.101. The van der Waals surface area contributed by atoms with Gasteiger partial charge in [-0.05, 0) is 38.9 Å². The maximum absolute atomic E-state index is 10.9. The molecule has 0 aromatic heterocycles. The van der Waals surface area contributed by atoms with Crippen LogP contribution >= 0.6 is 0 Å². The average Bonchev–Trinajstić information content (AvgIpc) is 2.67. The van der Waals surface area contributed by atoms with Crippen LogP contribution in [0.5, 0.6) is 0 Å². The molecule has 0 aliphatic rings. The lowest BCUT2D eigenvalue weighted by Gasteiger charge is -2.29. The van der Waals surface area contributed by atoms with Crippen molar-refractivity contribution >= 4 is 23.9 Å². The van der Waals surface area contributed by atoms with Gasteiger partial charge < -0.3 is 36.8 Å². The van der Waals surface area contributed by atoms with E-state index in [-0.39, 0.29) is 19.4 Å². The summed E-state index contributed by atoms with van der Waals surface area (Å²) in [5, 5.41) is 40.4. The van der Waals surface area contributed by atoms with Crippen LogP contribution in [0.2, 0.25) is 0 Å². The minimum absolute atomic E-state index is 0.0660. The predicted octanol–water partition coefficient (Wildman–Crippen LogP) is -0.172. The van der Waals surface area contributed by atoms with Crippen LogP contribution in [0.3, 0.4) is 0 Å². The number of hydrogen-bond donors (Lipinski definition) is 7. The van der Waals surface area contributed by atoms with Crippen molar-refractivity contribution in [3.05, 3.63) is 0 Å². The van der Waals surface area contributed by atoms with E-state index in [9.17, 15) is 19.2 Å². The predicted molar refractivity (Wildman–Crippen MR) is 114 cm³/mol. The van der Waals surface area contributed by atoms with Crippen LogP contribution in [-0.2, 0) is 19.2 Å². The number of carbonyl (C=O) groups is 4. The highest BCUT2D eigenvalue weighted by atomic mass is 16.4. The molecular weight excluding hydrogens is 412 g/mol.